The van der Waals surface area contributed by atoms with E-state index in [-0.39, 0.29) is 24.0 Å². The number of aliphatic imine (C=N–C) groups is 1. The third-order valence-electron chi connectivity index (χ3n) is 6.27. The Morgan fingerprint density at radius 3 is 2.42 bits per heavy atom. The Balaban J connectivity index is 1.45. The number of hydrogen-bond acceptors (Lipinski definition) is 7. The summed E-state index contributed by atoms with van der Waals surface area (Å²) in [5.41, 5.74) is 1.67. The van der Waals surface area contributed by atoms with Crippen molar-refractivity contribution in [3.63, 3.8) is 0 Å². The number of nitrogens with zero attached hydrogens (tertiary/aromatic N) is 5. The molecule has 5 rings (SSSR count). The molecule has 40 heavy (non-hydrogen) atoms. The number of hydrogen-bond donors (Lipinski definition) is 1. The molecule has 4 aromatic rings. The zero-order valence-corrected chi connectivity index (χ0v) is 22.0. The molecule has 2 heterocycles. The number of halogens is 1. The predicted molar refractivity (Wildman–Crippen MR) is 146 cm³/mol. The minimum absolute atomic E-state index is 0.0245. The van der Waals surface area contributed by atoms with Crippen molar-refractivity contribution in [2.45, 2.75) is 19.0 Å². The maximum absolute atomic E-state index is 13.7. The van der Waals surface area contributed by atoms with E-state index < -0.39 is 29.6 Å². The van der Waals surface area contributed by atoms with Crippen molar-refractivity contribution in [2.75, 3.05) is 10.2 Å². The monoisotopic (exact) mass is 558 g/mol. The van der Waals surface area contributed by atoms with Crippen LogP contribution >= 0.6 is 12.2 Å². The molecule has 1 N–H and O–H groups in total. The first-order valence-corrected chi connectivity index (χ1v) is 12.6. The van der Waals surface area contributed by atoms with Gasteiger partial charge in [0.05, 0.1) is 12.1 Å². The number of rotatable bonds is 8. The van der Waals surface area contributed by atoms with E-state index in [0.29, 0.717) is 22.6 Å². The van der Waals surface area contributed by atoms with Gasteiger partial charge in [-0.05, 0) is 64.8 Å². The van der Waals surface area contributed by atoms with Gasteiger partial charge in [-0.3, -0.25) is 19.0 Å². The van der Waals surface area contributed by atoms with Crippen LogP contribution in [0.5, 0.6) is 0 Å². The number of nitrogens with one attached hydrogen (secondary N) is 1. The van der Waals surface area contributed by atoms with Crippen LogP contribution in [0.2, 0.25) is 0 Å². The quantitative estimate of drug-likeness (QED) is 0.153. The van der Waals surface area contributed by atoms with E-state index in [0.717, 1.165) is 0 Å². The highest BCUT2D eigenvalue weighted by atomic mass is 32.1. The van der Waals surface area contributed by atoms with E-state index in [2.05, 4.69) is 15.6 Å². The normalized spacial score (nSPS) is 15.6. The van der Waals surface area contributed by atoms with Crippen LogP contribution in [0.1, 0.15) is 17.7 Å². The Kier molecular flexibility index (Phi) is 7.60. The molecule has 202 valence electrons. The van der Waals surface area contributed by atoms with E-state index in [1.807, 2.05) is 6.07 Å². The second-order valence-electron chi connectivity index (χ2n) is 8.93. The van der Waals surface area contributed by atoms with E-state index in [1.54, 1.807) is 66.5 Å². The molecule has 0 radical (unpaired) electrons. The third kappa shape index (κ3) is 5.57. The van der Waals surface area contributed by atoms with Crippen LogP contribution in [-0.4, -0.2) is 39.0 Å². The molecule has 0 aliphatic carbocycles. The maximum Gasteiger partial charge on any atom is 0.325 e. The van der Waals surface area contributed by atoms with Crippen molar-refractivity contribution in [3.05, 3.63) is 102 Å². The highest BCUT2D eigenvalue weighted by Crippen LogP contribution is 2.30. The number of anilines is 2. The molecule has 2 amide bonds. The highest BCUT2D eigenvalue weighted by molar-refractivity contribution is 7.80. The van der Waals surface area contributed by atoms with Crippen LogP contribution in [0.15, 0.2) is 94.4 Å². The van der Waals surface area contributed by atoms with Crippen LogP contribution in [0, 0.1) is 5.82 Å². The average Bonchev–Trinajstić information content (AvgIpc) is 3.41. The number of aryl methyl sites for hydroxylation is 1. The molecule has 1 aromatic heterocycles. The average molecular weight is 559 g/mol. The van der Waals surface area contributed by atoms with Crippen molar-refractivity contribution in [2.24, 2.45) is 12.0 Å². The number of aromatic nitrogens is 2. The molecule has 1 atom stereocenters. The summed E-state index contributed by atoms with van der Waals surface area (Å²) >= 11 is 5.72. The largest absolute Gasteiger partial charge is 0.858 e. The van der Waals surface area contributed by atoms with Crippen molar-refractivity contribution in [1.29, 1.82) is 0 Å². The lowest BCUT2D eigenvalue weighted by atomic mass is 10.1. The molecular formula is C28H23FN6O4S. The van der Waals surface area contributed by atoms with Gasteiger partial charge in [-0.1, -0.05) is 48.5 Å². The van der Waals surface area contributed by atoms with Gasteiger partial charge in [0.15, 0.2) is 12.2 Å². The zero-order chi connectivity index (χ0) is 28.2. The lowest BCUT2D eigenvalue weighted by molar-refractivity contribution is -0.746. The molecule has 10 nitrogen and oxygen atoms in total. The van der Waals surface area contributed by atoms with E-state index in [4.69, 9.17) is 16.7 Å². The Labute approximate surface area is 233 Å². The minimum Gasteiger partial charge on any atom is -0.858 e. The SMILES string of the molecule is C[n+]1noc(/N=C(\[O-])c2ccccc2)c1CN1C(=S)N(c2ccccc2)C(=O)C1CC(=O)Nc1ccc(F)cc1. The Bertz CT molecular complexity index is 1580. The van der Waals surface area contributed by atoms with E-state index in [1.165, 1.54) is 33.8 Å². The van der Waals surface area contributed by atoms with Crippen molar-refractivity contribution in [3.8, 4) is 0 Å². The van der Waals surface area contributed by atoms with Gasteiger partial charge in [0.2, 0.25) is 11.2 Å². The molecular weight excluding hydrogens is 535 g/mol. The molecule has 1 saturated heterocycles. The number of carbonyl (C=O) groups excluding carboxylic acids is 2. The number of carbonyl (C=O) groups is 2. The van der Waals surface area contributed by atoms with Gasteiger partial charge >= 0.3 is 5.88 Å². The molecule has 1 aliphatic rings. The summed E-state index contributed by atoms with van der Waals surface area (Å²) in [6.45, 7) is -0.0245. The second-order valence-corrected chi connectivity index (χ2v) is 9.29. The van der Waals surface area contributed by atoms with Gasteiger partial charge in [0.25, 0.3) is 11.6 Å². The minimum atomic E-state index is -0.985. The van der Waals surface area contributed by atoms with Crippen molar-refractivity contribution in [1.82, 2.24) is 10.2 Å². The maximum atomic E-state index is 13.7. The number of benzene rings is 3. The smallest absolute Gasteiger partial charge is 0.325 e. The highest BCUT2D eigenvalue weighted by Gasteiger charge is 2.46. The Morgan fingerprint density at radius 1 is 1.10 bits per heavy atom. The molecule has 3 aromatic carbocycles. The van der Waals surface area contributed by atoms with Crippen LogP contribution < -0.4 is 20.0 Å². The lowest BCUT2D eigenvalue weighted by Crippen LogP contribution is -2.42. The topological polar surface area (TPSA) is 118 Å². The summed E-state index contributed by atoms with van der Waals surface area (Å²) in [6, 6.07) is 21.6. The first kappa shape index (κ1) is 26.6. The van der Waals surface area contributed by atoms with Gasteiger partial charge < -0.3 is 15.3 Å². The third-order valence-corrected chi connectivity index (χ3v) is 6.69. The van der Waals surface area contributed by atoms with Gasteiger partial charge in [0.1, 0.15) is 18.4 Å². The number of para-hydroxylation sites is 1. The summed E-state index contributed by atoms with van der Waals surface area (Å²) in [7, 11) is 1.61. The fourth-order valence-electron chi connectivity index (χ4n) is 4.24. The van der Waals surface area contributed by atoms with E-state index in [9.17, 15) is 19.1 Å². The molecule has 1 unspecified atom stereocenters. The first-order valence-electron chi connectivity index (χ1n) is 12.2. The number of thiocarbonyl (C=S) groups is 1. The summed E-state index contributed by atoms with van der Waals surface area (Å²) in [4.78, 5) is 33.7. The molecule has 12 heteroatoms. The molecule has 1 aliphatic heterocycles. The molecule has 1 fully saturated rings. The second kappa shape index (κ2) is 11.4. The van der Waals surface area contributed by atoms with Crippen LogP contribution in [0.4, 0.5) is 21.6 Å². The summed E-state index contributed by atoms with van der Waals surface area (Å²) in [5, 5.41) is 19.5. The van der Waals surface area contributed by atoms with Gasteiger partial charge in [-0.15, -0.1) is 0 Å². The lowest BCUT2D eigenvalue weighted by Gasteiger charge is -2.22. The molecule has 0 saturated carbocycles. The Morgan fingerprint density at radius 2 is 1.75 bits per heavy atom. The first-order chi connectivity index (χ1) is 19.3. The van der Waals surface area contributed by atoms with Crippen LogP contribution in [-0.2, 0) is 23.2 Å². The zero-order valence-electron chi connectivity index (χ0n) is 21.2. The van der Waals surface area contributed by atoms with Gasteiger partial charge in [0, 0.05) is 5.69 Å². The summed E-state index contributed by atoms with van der Waals surface area (Å²) in [5.74, 6) is -1.87. The fraction of sp³-hybridized carbons (Fsp3) is 0.143. The van der Waals surface area contributed by atoms with E-state index >= 15 is 0 Å². The van der Waals surface area contributed by atoms with Crippen molar-refractivity contribution >= 4 is 52.3 Å². The fourth-order valence-corrected chi connectivity index (χ4v) is 4.63. The molecule has 0 bridgehead atoms. The Hall–Kier alpha value is -4.97. The summed E-state index contributed by atoms with van der Waals surface area (Å²) < 4.78 is 20.0. The van der Waals surface area contributed by atoms with Crippen LogP contribution in [0.25, 0.3) is 0 Å². The number of amides is 2. The van der Waals surface area contributed by atoms with Crippen molar-refractivity contribution < 1.29 is 28.3 Å². The van der Waals surface area contributed by atoms with Gasteiger partial charge in [-0.25, -0.2) is 9.38 Å². The predicted octanol–water partition coefficient (Wildman–Crippen LogP) is 2.61. The van der Waals surface area contributed by atoms with Gasteiger partial charge in [-0.2, -0.15) is 0 Å². The van der Waals surface area contributed by atoms with Crippen LogP contribution in [0.3, 0.4) is 0 Å². The summed E-state index contributed by atoms with van der Waals surface area (Å²) in [6.07, 6.45) is -0.246. The standard InChI is InChI=1S/C28H23FN6O4S/c1-33-23(26(39-32-33)31-25(37)18-8-4-2-5-9-18)17-34-22(16-24(36)30-20-14-12-19(29)13-15-20)27(38)35(28(34)40)21-10-6-3-7-11-21/h2-15,22H,16-17H2,1H3,(H-,30,31,32,36,37). The molecule has 0 spiro atoms.